The van der Waals surface area contributed by atoms with Gasteiger partial charge in [-0.25, -0.2) is 0 Å². The first-order valence-electron chi connectivity index (χ1n) is 11.1. The van der Waals surface area contributed by atoms with Crippen LogP contribution in [0.15, 0.2) is 36.4 Å². The minimum atomic E-state index is -0.735. The number of halogens is 1. The Hall–Kier alpha value is -2.24. The Balaban J connectivity index is 1.39. The summed E-state index contributed by atoms with van der Waals surface area (Å²) < 4.78 is 12.1. The van der Waals surface area contributed by atoms with Crippen molar-refractivity contribution in [1.29, 1.82) is 0 Å². The van der Waals surface area contributed by atoms with Gasteiger partial charge in [0.1, 0.15) is 18.1 Å². The molecule has 0 saturated carbocycles. The first kappa shape index (κ1) is 22.0. The first-order chi connectivity index (χ1) is 15.0. The molecule has 0 aliphatic carbocycles. The number of carboxylic acid groups (broad SMARTS) is 1. The molecule has 0 aromatic heterocycles. The number of aliphatic carboxylic acids is 1. The lowest BCUT2D eigenvalue weighted by atomic mass is 9.74. The van der Waals surface area contributed by atoms with E-state index >= 15 is 0 Å². The standard InChI is InChI=1S/C25H30ClNO4/c1-2-3-18-4-7-22(26)19(14-18)16-30-20-5-6-21-23(15-20)31-17-25(21)9-12-27(13-10-25)11-8-24(28)29/h4-7,14-15H,2-3,8-13,16-17H2,1H3,(H,28,29). The van der Waals surface area contributed by atoms with E-state index in [0.29, 0.717) is 19.8 Å². The van der Waals surface area contributed by atoms with Crippen LogP contribution < -0.4 is 9.47 Å². The van der Waals surface area contributed by atoms with Crippen molar-refractivity contribution in [2.45, 2.75) is 51.0 Å². The highest BCUT2D eigenvalue weighted by Crippen LogP contribution is 2.46. The van der Waals surface area contributed by atoms with E-state index in [1.807, 2.05) is 18.2 Å². The van der Waals surface area contributed by atoms with Crippen LogP contribution in [0.3, 0.4) is 0 Å². The Morgan fingerprint density at radius 2 is 2.03 bits per heavy atom. The molecule has 1 spiro atoms. The van der Waals surface area contributed by atoms with Gasteiger partial charge in [-0.15, -0.1) is 0 Å². The molecule has 0 amide bonds. The van der Waals surface area contributed by atoms with Gasteiger partial charge in [0.05, 0.1) is 13.0 Å². The molecular weight excluding hydrogens is 414 g/mol. The predicted molar refractivity (Wildman–Crippen MR) is 121 cm³/mol. The number of carboxylic acids is 1. The third-order valence-electron chi connectivity index (χ3n) is 6.53. The van der Waals surface area contributed by atoms with Crippen molar-refractivity contribution in [3.63, 3.8) is 0 Å². The Kier molecular flexibility index (Phi) is 6.73. The monoisotopic (exact) mass is 443 g/mol. The fourth-order valence-electron chi connectivity index (χ4n) is 4.66. The molecule has 2 aromatic carbocycles. The zero-order valence-corrected chi connectivity index (χ0v) is 18.8. The van der Waals surface area contributed by atoms with E-state index in [-0.39, 0.29) is 11.8 Å². The third kappa shape index (κ3) is 4.99. The van der Waals surface area contributed by atoms with E-state index in [9.17, 15) is 4.79 Å². The lowest BCUT2D eigenvalue weighted by Gasteiger charge is -2.38. The van der Waals surface area contributed by atoms with Crippen LogP contribution in [0.25, 0.3) is 0 Å². The highest BCUT2D eigenvalue weighted by Gasteiger charge is 2.43. The quantitative estimate of drug-likeness (QED) is 0.617. The topological polar surface area (TPSA) is 59.0 Å². The minimum absolute atomic E-state index is 0.0331. The number of fused-ring (bicyclic) bond motifs is 2. The number of hydrogen-bond donors (Lipinski definition) is 1. The molecule has 166 valence electrons. The maximum atomic E-state index is 10.8. The molecule has 1 saturated heterocycles. The van der Waals surface area contributed by atoms with Gasteiger partial charge in [-0.05, 0) is 50.0 Å². The molecule has 1 fully saturated rings. The molecule has 6 heteroatoms. The van der Waals surface area contributed by atoms with Crippen LogP contribution in [0.2, 0.25) is 5.02 Å². The van der Waals surface area contributed by atoms with E-state index in [1.54, 1.807) is 0 Å². The number of piperidine rings is 1. The summed E-state index contributed by atoms with van der Waals surface area (Å²) in [4.78, 5) is 13.1. The summed E-state index contributed by atoms with van der Waals surface area (Å²) in [5.74, 6) is 0.953. The van der Waals surface area contributed by atoms with Gasteiger partial charge in [0.2, 0.25) is 0 Å². The molecule has 0 bridgehead atoms. The van der Waals surface area contributed by atoms with Gasteiger partial charge in [-0.3, -0.25) is 4.79 Å². The van der Waals surface area contributed by atoms with Crippen molar-refractivity contribution < 1.29 is 19.4 Å². The van der Waals surface area contributed by atoms with Crippen LogP contribution in [0.5, 0.6) is 11.5 Å². The third-order valence-corrected chi connectivity index (χ3v) is 6.90. The summed E-state index contributed by atoms with van der Waals surface area (Å²) in [5.41, 5.74) is 3.56. The molecule has 4 rings (SSSR count). The van der Waals surface area contributed by atoms with Crippen LogP contribution in [0.1, 0.15) is 49.3 Å². The molecule has 0 radical (unpaired) electrons. The number of nitrogens with zero attached hydrogens (tertiary/aromatic N) is 1. The molecular formula is C25H30ClNO4. The summed E-state index contributed by atoms with van der Waals surface area (Å²) in [6, 6.07) is 12.3. The molecule has 1 N–H and O–H groups in total. The predicted octanol–water partition coefficient (Wildman–Crippen LogP) is 5.07. The van der Waals surface area contributed by atoms with Gasteiger partial charge < -0.3 is 19.5 Å². The van der Waals surface area contributed by atoms with Crippen molar-refractivity contribution in [3.8, 4) is 11.5 Å². The number of hydrogen-bond acceptors (Lipinski definition) is 4. The molecule has 31 heavy (non-hydrogen) atoms. The highest BCUT2D eigenvalue weighted by molar-refractivity contribution is 6.31. The number of rotatable bonds is 8. The molecule has 2 aliphatic rings. The fourth-order valence-corrected chi connectivity index (χ4v) is 4.83. The first-order valence-corrected chi connectivity index (χ1v) is 11.5. The van der Waals surface area contributed by atoms with E-state index in [4.69, 9.17) is 26.2 Å². The second-order valence-corrected chi connectivity index (χ2v) is 9.08. The van der Waals surface area contributed by atoms with Gasteiger partial charge >= 0.3 is 5.97 Å². The maximum absolute atomic E-state index is 10.8. The van der Waals surface area contributed by atoms with Crippen LogP contribution in [0, 0.1) is 0 Å². The summed E-state index contributed by atoms with van der Waals surface area (Å²) in [6.45, 7) is 5.71. The number of ether oxygens (including phenoxy) is 2. The maximum Gasteiger partial charge on any atom is 0.304 e. The van der Waals surface area contributed by atoms with E-state index < -0.39 is 5.97 Å². The van der Waals surface area contributed by atoms with Crippen LogP contribution in [-0.4, -0.2) is 42.2 Å². The van der Waals surface area contributed by atoms with Gasteiger partial charge in [-0.2, -0.15) is 0 Å². The second-order valence-electron chi connectivity index (χ2n) is 8.68. The largest absolute Gasteiger partial charge is 0.492 e. The van der Waals surface area contributed by atoms with Crippen molar-refractivity contribution in [2.24, 2.45) is 0 Å². The lowest BCUT2D eigenvalue weighted by Crippen LogP contribution is -2.44. The van der Waals surface area contributed by atoms with Crippen LogP contribution in [0.4, 0.5) is 0 Å². The van der Waals surface area contributed by atoms with Gasteiger partial charge in [0.25, 0.3) is 0 Å². The van der Waals surface area contributed by atoms with Crippen molar-refractivity contribution in [3.05, 3.63) is 58.1 Å². The lowest BCUT2D eigenvalue weighted by molar-refractivity contribution is -0.137. The van der Waals surface area contributed by atoms with Crippen LogP contribution in [-0.2, 0) is 23.2 Å². The molecule has 0 atom stereocenters. The van der Waals surface area contributed by atoms with Gasteiger partial charge in [0.15, 0.2) is 0 Å². The second kappa shape index (κ2) is 9.49. The highest BCUT2D eigenvalue weighted by atomic mass is 35.5. The van der Waals surface area contributed by atoms with Crippen molar-refractivity contribution in [1.82, 2.24) is 4.90 Å². The SMILES string of the molecule is CCCc1ccc(Cl)c(COc2ccc3c(c2)OCC32CCN(CCC(=O)O)CC2)c1. The van der Waals surface area contributed by atoms with E-state index in [1.165, 1.54) is 11.1 Å². The Morgan fingerprint density at radius 1 is 1.23 bits per heavy atom. The van der Waals surface area contributed by atoms with E-state index in [2.05, 4.69) is 30.0 Å². The molecule has 2 aliphatic heterocycles. The minimum Gasteiger partial charge on any atom is -0.492 e. The Morgan fingerprint density at radius 3 is 2.77 bits per heavy atom. The molecule has 2 heterocycles. The van der Waals surface area contributed by atoms with Gasteiger partial charge in [0, 0.05) is 34.2 Å². The zero-order chi connectivity index (χ0) is 21.8. The Labute approximate surface area is 188 Å². The zero-order valence-electron chi connectivity index (χ0n) is 18.0. The summed E-state index contributed by atoms with van der Waals surface area (Å²) in [6.07, 6.45) is 4.31. The summed E-state index contributed by atoms with van der Waals surface area (Å²) in [5, 5.41) is 9.64. The fraction of sp³-hybridized carbons (Fsp3) is 0.480. The number of carbonyl (C=O) groups is 1. The van der Waals surface area contributed by atoms with Gasteiger partial charge in [-0.1, -0.05) is 43.1 Å². The summed E-state index contributed by atoms with van der Waals surface area (Å²) >= 11 is 6.36. The molecule has 0 unspecified atom stereocenters. The number of benzene rings is 2. The molecule has 2 aromatic rings. The average molecular weight is 444 g/mol. The van der Waals surface area contributed by atoms with Crippen molar-refractivity contribution in [2.75, 3.05) is 26.2 Å². The van der Waals surface area contributed by atoms with Crippen LogP contribution >= 0.6 is 11.6 Å². The number of likely N-dealkylation sites (tertiary alicyclic amines) is 1. The number of aryl methyl sites for hydroxylation is 1. The van der Waals surface area contributed by atoms with E-state index in [0.717, 1.165) is 60.9 Å². The normalized spacial score (nSPS) is 17.4. The summed E-state index contributed by atoms with van der Waals surface area (Å²) in [7, 11) is 0. The Bertz CT molecular complexity index is 937. The smallest absolute Gasteiger partial charge is 0.304 e. The molecule has 5 nitrogen and oxygen atoms in total. The average Bonchev–Trinajstić information content (AvgIpc) is 3.11. The van der Waals surface area contributed by atoms with Crippen molar-refractivity contribution >= 4 is 17.6 Å².